The van der Waals surface area contributed by atoms with Crippen LogP contribution in [0.1, 0.15) is 20.3 Å². The number of nitrogens with zero attached hydrogens (tertiary/aromatic N) is 2. The minimum absolute atomic E-state index is 0.0196. The third-order valence-corrected chi connectivity index (χ3v) is 9.83. The zero-order valence-electron chi connectivity index (χ0n) is 14.4. The number of thiocarbonyl (C=S) groups is 1. The van der Waals surface area contributed by atoms with Crippen molar-refractivity contribution < 1.29 is 17.8 Å². The lowest BCUT2D eigenvalue weighted by molar-refractivity contribution is -0.119. The SMILES string of the molecule is CCN1C(=O)C(=S2CN(CCC(C)S(=O)(=O)O)c3ccccc32)SC1=S. The van der Waals surface area contributed by atoms with E-state index in [9.17, 15) is 17.8 Å². The van der Waals surface area contributed by atoms with Crippen molar-refractivity contribution in [2.24, 2.45) is 0 Å². The minimum Gasteiger partial charge on any atom is -0.361 e. The van der Waals surface area contributed by atoms with Gasteiger partial charge in [0, 0.05) is 18.0 Å². The Morgan fingerprint density at radius 2 is 2.08 bits per heavy atom. The Morgan fingerprint density at radius 1 is 1.38 bits per heavy atom. The lowest BCUT2D eigenvalue weighted by atomic mass is 10.2. The van der Waals surface area contributed by atoms with Gasteiger partial charge in [0.15, 0.2) is 0 Å². The van der Waals surface area contributed by atoms with Crippen molar-refractivity contribution in [1.82, 2.24) is 4.90 Å². The molecule has 2 atom stereocenters. The van der Waals surface area contributed by atoms with Crippen molar-refractivity contribution in [3.05, 3.63) is 24.3 Å². The summed E-state index contributed by atoms with van der Waals surface area (Å²) in [6.45, 7) is 4.46. The maximum absolute atomic E-state index is 12.7. The van der Waals surface area contributed by atoms with E-state index in [4.69, 9.17) is 12.2 Å². The number of carbonyl (C=O) groups excluding carboxylic acids is 1. The summed E-state index contributed by atoms with van der Waals surface area (Å²) in [4.78, 5) is 17.5. The average Bonchev–Trinajstić information content (AvgIpc) is 3.09. The lowest BCUT2D eigenvalue weighted by Gasteiger charge is -2.20. The quantitative estimate of drug-likeness (QED) is 0.566. The van der Waals surface area contributed by atoms with Crippen molar-refractivity contribution in [3.63, 3.8) is 0 Å². The van der Waals surface area contributed by atoms with E-state index in [1.54, 1.807) is 4.90 Å². The van der Waals surface area contributed by atoms with E-state index in [1.807, 2.05) is 31.2 Å². The van der Waals surface area contributed by atoms with Crippen LogP contribution in [0, 0.1) is 0 Å². The van der Waals surface area contributed by atoms with Crippen LogP contribution in [0.4, 0.5) is 5.69 Å². The van der Waals surface area contributed by atoms with Gasteiger partial charge < -0.3 is 4.90 Å². The first kappa shape index (κ1) is 19.8. The molecule has 26 heavy (non-hydrogen) atoms. The highest BCUT2D eigenvalue weighted by Crippen LogP contribution is 2.47. The minimum atomic E-state index is -4.04. The molecule has 1 amide bonds. The Kier molecular flexibility index (Phi) is 5.78. The first-order valence-electron chi connectivity index (χ1n) is 8.15. The largest absolute Gasteiger partial charge is 0.361 e. The molecule has 142 valence electrons. The highest BCUT2D eigenvalue weighted by molar-refractivity contribution is 8.45. The van der Waals surface area contributed by atoms with E-state index >= 15 is 0 Å². The molecule has 2 heterocycles. The summed E-state index contributed by atoms with van der Waals surface area (Å²) in [7, 11) is -4.44. The van der Waals surface area contributed by atoms with Crippen molar-refractivity contribution in [3.8, 4) is 0 Å². The fourth-order valence-corrected chi connectivity index (χ4v) is 7.67. The molecule has 2 unspecified atom stereocenters. The summed E-state index contributed by atoms with van der Waals surface area (Å²) < 4.78 is 33.1. The molecule has 6 nitrogen and oxygen atoms in total. The van der Waals surface area contributed by atoms with Gasteiger partial charge >= 0.3 is 0 Å². The molecular weight excluding hydrogens is 412 g/mol. The van der Waals surface area contributed by atoms with Gasteiger partial charge in [-0.1, -0.05) is 24.4 Å². The van der Waals surface area contributed by atoms with Crippen LogP contribution < -0.4 is 4.90 Å². The monoisotopic (exact) mass is 432 g/mol. The van der Waals surface area contributed by atoms with E-state index < -0.39 is 25.9 Å². The number of benzene rings is 1. The molecule has 1 saturated heterocycles. The van der Waals surface area contributed by atoms with Crippen LogP contribution in [0.2, 0.25) is 0 Å². The number of rotatable bonds is 5. The van der Waals surface area contributed by atoms with E-state index in [0.717, 1.165) is 14.8 Å². The number of amides is 1. The second-order valence-electron chi connectivity index (χ2n) is 6.07. The molecule has 0 bridgehead atoms. The maximum Gasteiger partial charge on any atom is 0.272 e. The van der Waals surface area contributed by atoms with Gasteiger partial charge in [0.1, 0.15) is 8.52 Å². The molecule has 3 rings (SSSR count). The Labute approximate surface area is 165 Å². The second-order valence-corrected chi connectivity index (χ2v) is 11.7. The van der Waals surface area contributed by atoms with Gasteiger partial charge in [-0.05, 0) is 44.2 Å². The van der Waals surface area contributed by atoms with Crippen LogP contribution in [0.15, 0.2) is 29.2 Å². The molecular formula is C16H20N2O4S4. The van der Waals surface area contributed by atoms with E-state index in [2.05, 4.69) is 4.90 Å². The fourth-order valence-electron chi connectivity index (χ4n) is 2.85. The highest BCUT2D eigenvalue weighted by Gasteiger charge is 2.36. The smallest absolute Gasteiger partial charge is 0.272 e. The predicted molar refractivity (Wildman–Crippen MR) is 113 cm³/mol. The summed E-state index contributed by atoms with van der Waals surface area (Å²) >= 11 is 6.70. The van der Waals surface area contributed by atoms with E-state index in [1.165, 1.54) is 18.7 Å². The van der Waals surface area contributed by atoms with Crippen molar-refractivity contribution in [2.45, 2.75) is 30.4 Å². The number of fused-ring (bicyclic) bond motifs is 1. The maximum atomic E-state index is 12.7. The predicted octanol–water partition coefficient (Wildman–Crippen LogP) is 2.77. The number of para-hydroxylation sites is 1. The molecule has 0 aromatic heterocycles. The molecule has 1 N–H and O–H groups in total. The van der Waals surface area contributed by atoms with Gasteiger partial charge in [0.2, 0.25) is 0 Å². The number of hydrogen-bond acceptors (Lipinski definition) is 6. The van der Waals surface area contributed by atoms with Crippen LogP contribution in [0.5, 0.6) is 0 Å². The van der Waals surface area contributed by atoms with Crippen molar-refractivity contribution >= 4 is 64.7 Å². The zero-order chi connectivity index (χ0) is 19.1. The highest BCUT2D eigenvalue weighted by atomic mass is 32.2. The molecule has 0 spiro atoms. The number of hydrogen-bond donors (Lipinski definition) is 1. The normalized spacial score (nSPS) is 22.9. The third kappa shape index (κ3) is 3.70. The van der Waals surface area contributed by atoms with Gasteiger partial charge in [0.25, 0.3) is 16.0 Å². The molecule has 0 radical (unpaired) electrons. The topological polar surface area (TPSA) is 77.9 Å². The number of thioether (sulfide) groups is 1. The van der Waals surface area contributed by atoms with E-state index in [0.29, 0.717) is 29.7 Å². The van der Waals surface area contributed by atoms with Gasteiger partial charge in [-0.2, -0.15) is 8.42 Å². The number of carbonyl (C=O) groups is 1. The average molecular weight is 433 g/mol. The Hall–Kier alpha value is -0.940. The Bertz CT molecular complexity index is 897. The molecule has 0 saturated carbocycles. The summed E-state index contributed by atoms with van der Waals surface area (Å²) in [6.07, 6.45) is 0.320. The summed E-state index contributed by atoms with van der Waals surface area (Å²) in [5.74, 6) is 0.611. The summed E-state index contributed by atoms with van der Waals surface area (Å²) in [6, 6.07) is 7.88. The van der Waals surface area contributed by atoms with Crippen LogP contribution in [0.3, 0.4) is 0 Å². The van der Waals surface area contributed by atoms with Crippen molar-refractivity contribution in [2.75, 3.05) is 23.9 Å². The summed E-state index contributed by atoms with van der Waals surface area (Å²) in [5.41, 5.74) is 1.01. The van der Waals surface area contributed by atoms with Crippen LogP contribution in [-0.4, -0.2) is 56.5 Å². The standard InChI is InChI=1S/C16H20N2O4S4/c1-3-18-14(19)15(24-16(18)23)25-10-17(9-8-11(2)26(20,21)22)12-6-4-5-7-13(12)25/h4-7,11H,3,8-10H2,1-2H3,(H,20,21,22). The molecule has 1 fully saturated rings. The Morgan fingerprint density at radius 3 is 2.69 bits per heavy atom. The van der Waals surface area contributed by atoms with Crippen LogP contribution >= 0.6 is 34.5 Å². The molecule has 1 aromatic carbocycles. The van der Waals surface area contributed by atoms with Crippen LogP contribution in [0.25, 0.3) is 0 Å². The van der Waals surface area contributed by atoms with Gasteiger partial charge in [-0.25, -0.2) is 0 Å². The Balaban J connectivity index is 1.91. The van der Waals surface area contributed by atoms with E-state index in [-0.39, 0.29) is 5.91 Å². The van der Waals surface area contributed by atoms with Crippen LogP contribution in [-0.2, 0) is 14.9 Å². The molecule has 2 aliphatic rings. The lowest BCUT2D eigenvalue weighted by Crippen LogP contribution is -2.30. The molecule has 0 aliphatic carbocycles. The number of anilines is 1. The fraction of sp³-hybridized carbons (Fsp3) is 0.438. The zero-order valence-corrected chi connectivity index (χ0v) is 17.7. The van der Waals surface area contributed by atoms with Gasteiger partial charge in [-0.15, -0.1) is 10.5 Å². The molecule has 10 heteroatoms. The van der Waals surface area contributed by atoms with Crippen molar-refractivity contribution in [1.29, 1.82) is 0 Å². The molecule has 1 aromatic rings. The van der Waals surface area contributed by atoms with Gasteiger partial charge in [-0.3, -0.25) is 14.2 Å². The third-order valence-electron chi connectivity index (χ3n) is 4.43. The first-order valence-corrected chi connectivity index (χ1v) is 12.3. The second kappa shape index (κ2) is 7.59. The summed E-state index contributed by atoms with van der Waals surface area (Å²) in [5, 5.41) is -0.824. The van der Waals surface area contributed by atoms with Gasteiger partial charge in [0.05, 0.1) is 16.8 Å². The first-order chi connectivity index (χ1) is 12.2. The molecule has 2 aliphatic heterocycles.